The molecule has 3 rings (SSSR count). The van der Waals surface area contributed by atoms with Gasteiger partial charge in [0.2, 0.25) is 5.91 Å². The summed E-state index contributed by atoms with van der Waals surface area (Å²) in [6.07, 6.45) is 1.03. The topological polar surface area (TPSA) is 72.9 Å². The number of aryl methyl sites for hydroxylation is 1. The van der Waals surface area contributed by atoms with Crippen molar-refractivity contribution < 1.29 is 4.79 Å². The van der Waals surface area contributed by atoms with E-state index in [0.717, 1.165) is 28.1 Å². The number of nitrogens with one attached hydrogen (secondary N) is 1. The molecule has 152 valence electrons. The van der Waals surface area contributed by atoms with Gasteiger partial charge in [0.25, 0.3) is 0 Å². The van der Waals surface area contributed by atoms with Gasteiger partial charge in [-0.15, -0.1) is 24.8 Å². The van der Waals surface area contributed by atoms with Crippen LogP contribution in [0.15, 0.2) is 48.5 Å². The highest BCUT2D eigenvalue weighted by Gasteiger charge is 2.19. The summed E-state index contributed by atoms with van der Waals surface area (Å²) in [5.74, 6) is 0.886. The number of halogens is 2. The van der Waals surface area contributed by atoms with Crippen LogP contribution in [0.25, 0.3) is 11.0 Å². The summed E-state index contributed by atoms with van der Waals surface area (Å²) in [5.41, 5.74) is 9.73. The summed E-state index contributed by atoms with van der Waals surface area (Å²) in [6.45, 7) is 6.24. The van der Waals surface area contributed by atoms with Gasteiger partial charge in [0.1, 0.15) is 5.82 Å². The first-order valence-electron chi connectivity index (χ1n) is 9.07. The average molecular weight is 423 g/mol. The Balaban J connectivity index is 0.00000196. The second-order valence-corrected chi connectivity index (χ2v) is 6.91. The molecule has 7 heteroatoms. The molecule has 1 aromatic heterocycles. The van der Waals surface area contributed by atoms with Gasteiger partial charge in [-0.3, -0.25) is 4.79 Å². The molecule has 0 saturated carbocycles. The second-order valence-electron chi connectivity index (χ2n) is 6.91. The quantitative estimate of drug-likeness (QED) is 0.557. The summed E-state index contributed by atoms with van der Waals surface area (Å²) >= 11 is 0. The van der Waals surface area contributed by atoms with Gasteiger partial charge >= 0.3 is 0 Å². The summed E-state index contributed by atoms with van der Waals surface area (Å²) in [7, 11) is 0. The minimum absolute atomic E-state index is 0. The standard InChI is InChI=1S/C21H26N4O.2ClH/c1-14(2)25-19-11-7-6-10-18(19)24-21(25)15(3)23-20(26)13-12-16-8-4-5-9-17(16)22;;/h4-11,14-15H,12-13,22H2,1-3H3,(H,23,26);2*1H. The van der Waals surface area contributed by atoms with Gasteiger partial charge in [0.15, 0.2) is 0 Å². The predicted molar refractivity (Wildman–Crippen MR) is 120 cm³/mol. The summed E-state index contributed by atoms with van der Waals surface area (Å²) in [5, 5.41) is 3.08. The fourth-order valence-corrected chi connectivity index (χ4v) is 3.30. The van der Waals surface area contributed by atoms with E-state index in [1.54, 1.807) is 0 Å². The van der Waals surface area contributed by atoms with Crippen LogP contribution in [0.2, 0.25) is 0 Å². The molecule has 3 aromatic rings. The van der Waals surface area contributed by atoms with Crippen molar-refractivity contribution in [1.29, 1.82) is 0 Å². The van der Waals surface area contributed by atoms with Gasteiger partial charge in [0, 0.05) is 18.2 Å². The smallest absolute Gasteiger partial charge is 0.220 e. The maximum atomic E-state index is 12.4. The van der Waals surface area contributed by atoms with Crippen LogP contribution in [-0.2, 0) is 11.2 Å². The third kappa shape index (κ3) is 5.18. The molecule has 2 aromatic carbocycles. The van der Waals surface area contributed by atoms with E-state index >= 15 is 0 Å². The Hall–Kier alpha value is -2.24. The molecular formula is C21H28Cl2N4O. The van der Waals surface area contributed by atoms with Gasteiger partial charge in [-0.05, 0) is 51.0 Å². The number of rotatable bonds is 6. The lowest BCUT2D eigenvalue weighted by atomic mass is 10.1. The number of imidazole rings is 1. The van der Waals surface area contributed by atoms with Crippen LogP contribution in [-0.4, -0.2) is 15.5 Å². The number of aromatic nitrogens is 2. The highest BCUT2D eigenvalue weighted by Crippen LogP contribution is 2.25. The molecule has 0 aliphatic heterocycles. The van der Waals surface area contributed by atoms with E-state index in [1.807, 2.05) is 49.4 Å². The normalized spacial score (nSPS) is 11.6. The Morgan fingerprint density at radius 2 is 1.71 bits per heavy atom. The lowest BCUT2D eigenvalue weighted by Crippen LogP contribution is -2.29. The molecule has 5 nitrogen and oxygen atoms in total. The van der Waals surface area contributed by atoms with Gasteiger partial charge < -0.3 is 15.6 Å². The molecule has 0 fully saturated rings. The number of amides is 1. The van der Waals surface area contributed by atoms with Crippen LogP contribution in [0.5, 0.6) is 0 Å². The molecule has 1 atom stereocenters. The third-order valence-electron chi connectivity index (χ3n) is 4.58. The number of anilines is 1. The number of para-hydroxylation sites is 3. The first kappa shape index (κ1) is 23.8. The molecule has 1 heterocycles. The van der Waals surface area contributed by atoms with Crippen LogP contribution in [0.3, 0.4) is 0 Å². The third-order valence-corrected chi connectivity index (χ3v) is 4.58. The van der Waals surface area contributed by atoms with Crippen LogP contribution >= 0.6 is 24.8 Å². The SMILES string of the molecule is CC(NC(=O)CCc1ccccc1N)c1nc2ccccc2n1C(C)C.Cl.Cl. The fraction of sp³-hybridized carbons (Fsp3) is 0.333. The highest BCUT2D eigenvalue weighted by atomic mass is 35.5. The molecule has 0 radical (unpaired) electrons. The molecule has 0 saturated heterocycles. The van der Waals surface area contributed by atoms with Gasteiger partial charge in [0.05, 0.1) is 17.1 Å². The summed E-state index contributed by atoms with van der Waals surface area (Å²) < 4.78 is 2.19. The average Bonchev–Trinajstić information content (AvgIpc) is 3.01. The Kier molecular flexibility index (Phi) is 8.79. The zero-order chi connectivity index (χ0) is 18.7. The number of hydrogen-bond acceptors (Lipinski definition) is 3. The van der Waals surface area contributed by atoms with Crippen molar-refractivity contribution in [2.75, 3.05) is 5.73 Å². The Bertz CT molecular complexity index is 924. The molecule has 0 aliphatic carbocycles. The number of nitrogens with two attached hydrogens (primary N) is 1. The number of hydrogen-bond donors (Lipinski definition) is 2. The van der Waals surface area contributed by atoms with E-state index in [0.29, 0.717) is 12.8 Å². The lowest BCUT2D eigenvalue weighted by Gasteiger charge is -2.19. The molecule has 1 unspecified atom stereocenters. The number of benzene rings is 2. The van der Waals surface area contributed by atoms with E-state index in [1.165, 1.54) is 0 Å². The molecule has 0 spiro atoms. The zero-order valence-electron chi connectivity index (χ0n) is 16.4. The van der Waals surface area contributed by atoms with E-state index in [2.05, 4.69) is 29.8 Å². The summed E-state index contributed by atoms with van der Waals surface area (Å²) in [6, 6.07) is 15.8. The van der Waals surface area contributed by atoms with Crippen molar-refractivity contribution in [1.82, 2.24) is 14.9 Å². The van der Waals surface area contributed by atoms with Crippen molar-refractivity contribution in [3.8, 4) is 0 Å². The minimum atomic E-state index is -0.162. The highest BCUT2D eigenvalue weighted by molar-refractivity contribution is 5.85. The summed E-state index contributed by atoms with van der Waals surface area (Å²) in [4.78, 5) is 17.2. The maximum absolute atomic E-state index is 12.4. The van der Waals surface area contributed by atoms with Crippen molar-refractivity contribution in [2.45, 2.75) is 45.7 Å². The van der Waals surface area contributed by atoms with E-state index < -0.39 is 0 Å². The van der Waals surface area contributed by atoms with Gasteiger partial charge in [-0.25, -0.2) is 4.98 Å². The van der Waals surface area contributed by atoms with E-state index in [4.69, 9.17) is 10.7 Å². The van der Waals surface area contributed by atoms with Gasteiger partial charge in [-0.1, -0.05) is 30.3 Å². The predicted octanol–water partition coefficient (Wildman–Crippen LogP) is 4.85. The first-order chi connectivity index (χ1) is 12.5. The van der Waals surface area contributed by atoms with E-state index in [-0.39, 0.29) is 42.8 Å². The van der Waals surface area contributed by atoms with Crippen LogP contribution < -0.4 is 11.1 Å². The Morgan fingerprint density at radius 1 is 1.07 bits per heavy atom. The number of nitrogen functional groups attached to an aromatic ring is 1. The zero-order valence-corrected chi connectivity index (χ0v) is 18.0. The van der Waals surface area contributed by atoms with Crippen LogP contribution in [0, 0.1) is 0 Å². The van der Waals surface area contributed by atoms with Crippen LogP contribution in [0.4, 0.5) is 5.69 Å². The molecular weight excluding hydrogens is 395 g/mol. The van der Waals surface area contributed by atoms with Crippen molar-refractivity contribution >= 4 is 47.4 Å². The number of carbonyl (C=O) groups is 1. The fourth-order valence-electron chi connectivity index (χ4n) is 3.30. The molecule has 0 aliphatic rings. The second kappa shape index (κ2) is 10.3. The lowest BCUT2D eigenvalue weighted by molar-refractivity contribution is -0.121. The number of carbonyl (C=O) groups excluding carboxylic acids is 1. The minimum Gasteiger partial charge on any atom is -0.399 e. The molecule has 28 heavy (non-hydrogen) atoms. The van der Waals surface area contributed by atoms with Crippen LogP contribution in [0.1, 0.15) is 50.7 Å². The Labute approximate surface area is 178 Å². The van der Waals surface area contributed by atoms with Gasteiger partial charge in [-0.2, -0.15) is 0 Å². The van der Waals surface area contributed by atoms with Crippen molar-refractivity contribution in [3.05, 3.63) is 59.9 Å². The largest absolute Gasteiger partial charge is 0.399 e. The maximum Gasteiger partial charge on any atom is 0.220 e. The molecule has 0 bridgehead atoms. The molecule has 3 N–H and O–H groups in total. The number of nitrogens with zero attached hydrogens (tertiary/aromatic N) is 2. The monoisotopic (exact) mass is 422 g/mol. The van der Waals surface area contributed by atoms with Crippen molar-refractivity contribution in [3.63, 3.8) is 0 Å². The van der Waals surface area contributed by atoms with E-state index in [9.17, 15) is 4.79 Å². The van der Waals surface area contributed by atoms with Crippen molar-refractivity contribution in [2.24, 2.45) is 0 Å². The first-order valence-corrected chi connectivity index (χ1v) is 9.07. The molecule has 1 amide bonds. The Morgan fingerprint density at radius 3 is 2.39 bits per heavy atom. The number of fused-ring (bicyclic) bond motifs is 1.